The Morgan fingerprint density at radius 1 is 1.15 bits per heavy atom. The van der Waals surface area contributed by atoms with Crippen molar-refractivity contribution in [3.63, 3.8) is 0 Å². The van der Waals surface area contributed by atoms with Crippen LogP contribution < -0.4 is 14.4 Å². The van der Waals surface area contributed by atoms with Gasteiger partial charge in [0.1, 0.15) is 5.75 Å². The lowest BCUT2D eigenvalue weighted by Gasteiger charge is -2.33. The van der Waals surface area contributed by atoms with E-state index >= 15 is 0 Å². The largest absolute Gasteiger partial charge is 0.494 e. The Kier molecular flexibility index (Phi) is 5.68. The average Bonchev–Trinajstić information content (AvgIpc) is 2.63. The van der Waals surface area contributed by atoms with Gasteiger partial charge < -0.3 is 14.4 Å². The summed E-state index contributed by atoms with van der Waals surface area (Å²) in [6.45, 7) is 6.84. The number of ether oxygens (including phenoxy) is 2. The highest BCUT2D eigenvalue weighted by Crippen LogP contribution is 2.23. The molecule has 1 N–H and O–H groups in total. The van der Waals surface area contributed by atoms with Crippen LogP contribution in [0.2, 0.25) is 0 Å². The molecule has 26 heavy (non-hydrogen) atoms. The number of morpholine rings is 1. The molecule has 0 aromatic heterocycles. The van der Waals surface area contributed by atoms with Gasteiger partial charge in [-0.3, -0.25) is 4.72 Å². The molecular weight excluding hydrogens is 352 g/mol. The normalized spacial score (nSPS) is 17.8. The molecule has 1 fully saturated rings. The number of benzene rings is 2. The minimum atomic E-state index is -3.63. The van der Waals surface area contributed by atoms with Crippen LogP contribution in [-0.4, -0.2) is 40.8 Å². The van der Waals surface area contributed by atoms with Gasteiger partial charge in [0.05, 0.1) is 24.2 Å². The highest BCUT2D eigenvalue weighted by atomic mass is 32.2. The zero-order valence-electron chi connectivity index (χ0n) is 15.0. The number of rotatable bonds is 6. The van der Waals surface area contributed by atoms with E-state index in [4.69, 9.17) is 9.47 Å². The van der Waals surface area contributed by atoms with E-state index in [1.807, 2.05) is 26.0 Å². The van der Waals surface area contributed by atoms with Gasteiger partial charge in [-0.25, -0.2) is 8.42 Å². The Balaban J connectivity index is 1.69. The minimum absolute atomic E-state index is 0.196. The molecule has 6 nitrogen and oxygen atoms in total. The van der Waals surface area contributed by atoms with Crippen LogP contribution in [0.4, 0.5) is 11.4 Å². The van der Waals surface area contributed by atoms with E-state index in [1.54, 1.807) is 24.3 Å². The fraction of sp³-hybridized carbons (Fsp3) is 0.368. The molecule has 0 spiro atoms. The third-order valence-corrected chi connectivity index (χ3v) is 5.57. The van der Waals surface area contributed by atoms with Crippen LogP contribution in [0.25, 0.3) is 0 Å². The van der Waals surface area contributed by atoms with E-state index in [-0.39, 0.29) is 11.0 Å². The summed E-state index contributed by atoms with van der Waals surface area (Å²) < 4.78 is 38.5. The van der Waals surface area contributed by atoms with Gasteiger partial charge in [-0.05, 0) is 62.4 Å². The van der Waals surface area contributed by atoms with Crippen LogP contribution in [0.1, 0.15) is 13.8 Å². The van der Waals surface area contributed by atoms with E-state index in [2.05, 4.69) is 9.62 Å². The van der Waals surface area contributed by atoms with Crippen molar-refractivity contribution in [3.8, 4) is 5.75 Å². The molecule has 1 atom stereocenters. The predicted octanol–water partition coefficient (Wildman–Crippen LogP) is 3.11. The molecule has 7 heteroatoms. The van der Waals surface area contributed by atoms with Crippen molar-refractivity contribution in [3.05, 3.63) is 48.5 Å². The lowest BCUT2D eigenvalue weighted by atomic mass is 10.2. The second-order valence-electron chi connectivity index (χ2n) is 6.18. The Morgan fingerprint density at radius 3 is 2.46 bits per heavy atom. The van der Waals surface area contributed by atoms with E-state index in [1.165, 1.54) is 12.1 Å². The van der Waals surface area contributed by atoms with Gasteiger partial charge in [-0.2, -0.15) is 0 Å². The van der Waals surface area contributed by atoms with Crippen LogP contribution in [0.3, 0.4) is 0 Å². The van der Waals surface area contributed by atoms with E-state index in [0.717, 1.165) is 18.8 Å². The summed E-state index contributed by atoms with van der Waals surface area (Å²) in [4.78, 5) is 2.44. The van der Waals surface area contributed by atoms with Crippen molar-refractivity contribution < 1.29 is 17.9 Å². The van der Waals surface area contributed by atoms with Crippen LogP contribution in [0.15, 0.2) is 53.4 Å². The first-order valence-electron chi connectivity index (χ1n) is 8.70. The van der Waals surface area contributed by atoms with Crippen molar-refractivity contribution >= 4 is 21.4 Å². The first-order chi connectivity index (χ1) is 12.5. The Labute approximate surface area is 154 Å². The molecule has 1 aliphatic rings. The number of sulfonamides is 1. The Morgan fingerprint density at radius 2 is 1.85 bits per heavy atom. The molecule has 0 bridgehead atoms. The first kappa shape index (κ1) is 18.5. The maximum absolute atomic E-state index is 12.5. The third-order valence-electron chi connectivity index (χ3n) is 4.17. The highest BCUT2D eigenvalue weighted by Gasteiger charge is 2.18. The second-order valence-corrected chi connectivity index (χ2v) is 7.87. The van der Waals surface area contributed by atoms with Gasteiger partial charge in [0.2, 0.25) is 0 Å². The molecular formula is C19H24N2O4S. The van der Waals surface area contributed by atoms with Crippen LogP contribution in [0, 0.1) is 0 Å². The van der Waals surface area contributed by atoms with Crippen LogP contribution in [-0.2, 0) is 14.8 Å². The second kappa shape index (κ2) is 7.97. The van der Waals surface area contributed by atoms with Gasteiger partial charge in [0, 0.05) is 24.5 Å². The predicted molar refractivity (Wildman–Crippen MR) is 102 cm³/mol. The van der Waals surface area contributed by atoms with E-state index in [0.29, 0.717) is 24.7 Å². The maximum Gasteiger partial charge on any atom is 0.261 e. The molecule has 1 aliphatic heterocycles. The summed E-state index contributed by atoms with van der Waals surface area (Å²) in [5, 5.41) is 0. The molecule has 3 rings (SSSR count). The highest BCUT2D eigenvalue weighted by molar-refractivity contribution is 7.92. The van der Waals surface area contributed by atoms with Gasteiger partial charge in [0.15, 0.2) is 0 Å². The number of anilines is 2. The topological polar surface area (TPSA) is 67.9 Å². The third kappa shape index (κ3) is 4.47. The summed E-state index contributed by atoms with van der Waals surface area (Å²) in [5.74, 6) is 0.649. The zero-order valence-corrected chi connectivity index (χ0v) is 15.8. The SMILES string of the molecule is CCOc1ccc(S(=O)(=O)Nc2ccc(N3CCOC(C)C3)cc2)cc1. The van der Waals surface area contributed by atoms with Crippen molar-refractivity contribution in [2.24, 2.45) is 0 Å². The van der Waals surface area contributed by atoms with Crippen molar-refractivity contribution in [2.45, 2.75) is 24.8 Å². The Bertz CT molecular complexity index is 820. The molecule has 0 radical (unpaired) electrons. The first-order valence-corrected chi connectivity index (χ1v) is 10.2. The summed E-state index contributed by atoms with van der Waals surface area (Å²) in [5.41, 5.74) is 1.59. The number of hydrogen-bond acceptors (Lipinski definition) is 5. The molecule has 1 unspecified atom stereocenters. The zero-order chi connectivity index (χ0) is 18.6. The summed E-state index contributed by atoms with van der Waals surface area (Å²) in [6.07, 6.45) is 0.196. The summed E-state index contributed by atoms with van der Waals surface area (Å²) in [7, 11) is -3.63. The van der Waals surface area contributed by atoms with E-state index in [9.17, 15) is 8.42 Å². The summed E-state index contributed by atoms with van der Waals surface area (Å²) >= 11 is 0. The van der Waals surface area contributed by atoms with Crippen molar-refractivity contribution in [1.29, 1.82) is 0 Å². The number of nitrogens with zero attached hydrogens (tertiary/aromatic N) is 1. The molecule has 140 valence electrons. The lowest BCUT2D eigenvalue weighted by molar-refractivity contribution is 0.0532. The van der Waals surface area contributed by atoms with Gasteiger partial charge in [-0.1, -0.05) is 0 Å². The number of hydrogen-bond donors (Lipinski definition) is 1. The van der Waals surface area contributed by atoms with Gasteiger partial charge >= 0.3 is 0 Å². The molecule has 0 saturated carbocycles. The van der Waals surface area contributed by atoms with Gasteiger partial charge in [-0.15, -0.1) is 0 Å². The molecule has 2 aromatic carbocycles. The fourth-order valence-corrected chi connectivity index (χ4v) is 3.95. The molecule has 1 heterocycles. The molecule has 1 saturated heterocycles. The van der Waals surface area contributed by atoms with E-state index < -0.39 is 10.0 Å². The fourth-order valence-electron chi connectivity index (χ4n) is 2.89. The smallest absolute Gasteiger partial charge is 0.261 e. The van der Waals surface area contributed by atoms with Crippen molar-refractivity contribution in [2.75, 3.05) is 35.9 Å². The van der Waals surface area contributed by atoms with Crippen molar-refractivity contribution in [1.82, 2.24) is 0 Å². The lowest BCUT2D eigenvalue weighted by Crippen LogP contribution is -2.41. The van der Waals surface area contributed by atoms with Crippen LogP contribution >= 0.6 is 0 Å². The van der Waals surface area contributed by atoms with Gasteiger partial charge in [0.25, 0.3) is 10.0 Å². The molecule has 0 aliphatic carbocycles. The molecule has 0 amide bonds. The quantitative estimate of drug-likeness (QED) is 0.839. The average molecular weight is 376 g/mol. The standard InChI is InChI=1S/C19H24N2O4S/c1-3-24-18-8-10-19(11-9-18)26(22,23)20-16-4-6-17(7-5-16)21-12-13-25-15(2)14-21/h4-11,15,20H,3,12-14H2,1-2H3. The minimum Gasteiger partial charge on any atom is -0.494 e. The van der Waals surface area contributed by atoms with Crippen LogP contribution in [0.5, 0.6) is 5.75 Å². The number of nitrogens with one attached hydrogen (secondary N) is 1. The molecule has 2 aromatic rings. The summed E-state index contributed by atoms with van der Waals surface area (Å²) in [6, 6.07) is 13.8. The Hall–Kier alpha value is -2.25. The monoisotopic (exact) mass is 376 g/mol. The maximum atomic E-state index is 12.5.